The fraction of sp³-hybridized carbons (Fsp3) is 0.333. The average molecular weight is 207 g/mol. The molecule has 0 fully saturated rings. The molecule has 0 saturated carbocycles. The monoisotopic (exact) mass is 207 g/mol. The highest BCUT2D eigenvalue weighted by Gasteiger charge is 2.04. The second-order valence-electron chi connectivity index (χ2n) is 2.90. The van der Waals surface area contributed by atoms with Crippen molar-refractivity contribution in [2.75, 3.05) is 20.2 Å². The van der Waals surface area contributed by atoms with Crippen molar-refractivity contribution in [2.24, 2.45) is 0 Å². The maximum absolute atomic E-state index is 13.5. The van der Waals surface area contributed by atoms with Gasteiger partial charge >= 0.3 is 0 Å². The van der Waals surface area contributed by atoms with Crippen molar-refractivity contribution in [3.8, 4) is 17.6 Å². The van der Waals surface area contributed by atoms with E-state index in [4.69, 9.17) is 4.74 Å². The SMILES string of the molecule is CCNCC#Cc1cccc(OC)c1F. The summed E-state index contributed by atoms with van der Waals surface area (Å²) in [5.41, 5.74) is 0.368. The van der Waals surface area contributed by atoms with Crippen molar-refractivity contribution in [3.63, 3.8) is 0 Å². The highest BCUT2D eigenvalue weighted by Crippen LogP contribution is 2.18. The van der Waals surface area contributed by atoms with Gasteiger partial charge in [0.1, 0.15) is 0 Å². The van der Waals surface area contributed by atoms with Crippen molar-refractivity contribution >= 4 is 0 Å². The van der Waals surface area contributed by atoms with E-state index in [1.807, 2.05) is 6.92 Å². The maximum Gasteiger partial charge on any atom is 0.180 e. The summed E-state index contributed by atoms with van der Waals surface area (Å²) >= 11 is 0. The van der Waals surface area contributed by atoms with Crippen LogP contribution in [0.1, 0.15) is 12.5 Å². The zero-order chi connectivity index (χ0) is 11.1. The predicted octanol–water partition coefficient (Wildman–Crippen LogP) is 1.80. The number of rotatable bonds is 3. The molecule has 0 radical (unpaired) electrons. The summed E-state index contributed by atoms with van der Waals surface area (Å²) in [7, 11) is 1.44. The summed E-state index contributed by atoms with van der Waals surface area (Å²) in [6.45, 7) is 3.41. The van der Waals surface area contributed by atoms with Gasteiger partial charge in [-0.2, -0.15) is 0 Å². The number of halogens is 1. The molecule has 80 valence electrons. The molecule has 0 aliphatic carbocycles. The number of benzene rings is 1. The Bertz CT molecular complexity index is 379. The quantitative estimate of drug-likeness (QED) is 0.602. The van der Waals surface area contributed by atoms with Crippen LogP contribution in [0.5, 0.6) is 5.75 Å². The molecule has 0 unspecified atom stereocenters. The molecule has 0 aliphatic rings. The lowest BCUT2D eigenvalue weighted by atomic mass is 10.2. The molecule has 0 aliphatic heterocycles. The standard InChI is InChI=1S/C12H14FNO/c1-3-14-9-5-7-10-6-4-8-11(15-2)12(10)13/h4,6,8,14H,3,9H2,1-2H3. The van der Waals surface area contributed by atoms with Gasteiger partial charge < -0.3 is 10.1 Å². The summed E-state index contributed by atoms with van der Waals surface area (Å²) in [4.78, 5) is 0. The second-order valence-corrected chi connectivity index (χ2v) is 2.90. The van der Waals surface area contributed by atoms with Gasteiger partial charge in [-0.25, -0.2) is 4.39 Å². The molecule has 0 bridgehead atoms. The third kappa shape index (κ3) is 3.26. The van der Waals surface area contributed by atoms with Gasteiger partial charge in [0, 0.05) is 0 Å². The molecule has 3 heteroatoms. The van der Waals surface area contributed by atoms with Crippen molar-refractivity contribution in [1.82, 2.24) is 5.32 Å². The zero-order valence-corrected chi connectivity index (χ0v) is 8.93. The Morgan fingerprint density at radius 1 is 1.47 bits per heavy atom. The van der Waals surface area contributed by atoms with Crippen LogP contribution in [-0.4, -0.2) is 20.2 Å². The zero-order valence-electron chi connectivity index (χ0n) is 8.93. The van der Waals surface area contributed by atoms with Crippen LogP contribution < -0.4 is 10.1 Å². The van der Waals surface area contributed by atoms with Gasteiger partial charge in [-0.3, -0.25) is 0 Å². The Morgan fingerprint density at radius 3 is 2.93 bits per heavy atom. The first-order valence-corrected chi connectivity index (χ1v) is 4.81. The van der Waals surface area contributed by atoms with E-state index in [1.165, 1.54) is 7.11 Å². The number of methoxy groups -OCH3 is 1. The predicted molar refractivity (Wildman–Crippen MR) is 58.4 cm³/mol. The Kier molecular flexibility index (Phi) is 4.65. The van der Waals surface area contributed by atoms with Crippen molar-refractivity contribution < 1.29 is 9.13 Å². The minimum absolute atomic E-state index is 0.227. The Labute approximate surface area is 89.4 Å². The van der Waals surface area contributed by atoms with Crippen LogP contribution in [0.3, 0.4) is 0 Å². The molecule has 15 heavy (non-hydrogen) atoms. The molecule has 1 aromatic rings. The normalized spacial score (nSPS) is 9.27. The molecule has 0 heterocycles. The molecule has 0 aromatic heterocycles. The fourth-order valence-electron chi connectivity index (χ4n) is 1.09. The van der Waals surface area contributed by atoms with Gasteiger partial charge in [0.15, 0.2) is 11.6 Å². The van der Waals surface area contributed by atoms with Crippen LogP contribution in [0.4, 0.5) is 4.39 Å². The van der Waals surface area contributed by atoms with Gasteiger partial charge in [0.25, 0.3) is 0 Å². The molecular weight excluding hydrogens is 193 g/mol. The molecule has 2 nitrogen and oxygen atoms in total. The van der Waals surface area contributed by atoms with E-state index in [-0.39, 0.29) is 5.75 Å². The van der Waals surface area contributed by atoms with E-state index >= 15 is 0 Å². The minimum Gasteiger partial charge on any atom is -0.494 e. The third-order valence-electron chi connectivity index (χ3n) is 1.87. The topological polar surface area (TPSA) is 21.3 Å². The minimum atomic E-state index is -0.399. The number of hydrogen-bond acceptors (Lipinski definition) is 2. The summed E-state index contributed by atoms with van der Waals surface area (Å²) < 4.78 is 18.4. The van der Waals surface area contributed by atoms with Crippen LogP contribution in [0.15, 0.2) is 18.2 Å². The number of hydrogen-bond donors (Lipinski definition) is 1. The Hall–Kier alpha value is -1.53. The fourth-order valence-corrected chi connectivity index (χ4v) is 1.09. The molecule has 0 spiro atoms. The lowest BCUT2D eigenvalue weighted by Gasteiger charge is -2.01. The smallest absolute Gasteiger partial charge is 0.180 e. The molecular formula is C12H14FNO. The lowest BCUT2D eigenvalue weighted by molar-refractivity contribution is 0.386. The van der Waals surface area contributed by atoms with Gasteiger partial charge in [-0.1, -0.05) is 24.8 Å². The summed E-state index contributed by atoms with van der Waals surface area (Å²) in [5, 5.41) is 3.04. The summed E-state index contributed by atoms with van der Waals surface area (Å²) in [5.74, 6) is 5.42. The summed E-state index contributed by atoms with van der Waals surface area (Å²) in [6.07, 6.45) is 0. The van der Waals surface area contributed by atoms with Gasteiger partial charge in [-0.15, -0.1) is 0 Å². The average Bonchev–Trinajstić information content (AvgIpc) is 2.26. The number of nitrogens with one attached hydrogen (secondary N) is 1. The van der Waals surface area contributed by atoms with Crippen molar-refractivity contribution in [2.45, 2.75) is 6.92 Å². The van der Waals surface area contributed by atoms with Gasteiger partial charge in [0.2, 0.25) is 0 Å². The lowest BCUT2D eigenvalue weighted by Crippen LogP contribution is -2.11. The molecule has 1 rings (SSSR count). The van der Waals surface area contributed by atoms with E-state index in [0.29, 0.717) is 12.1 Å². The molecule has 0 atom stereocenters. The summed E-state index contributed by atoms with van der Waals surface area (Å²) in [6, 6.07) is 4.93. The van der Waals surface area contributed by atoms with Crippen LogP contribution >= 0.6 is 0 Å². The second kappa shape index (κ2) is 6.05. The van der Waals surface area contributed by atoms with Crippen LogP contribution in [0, 0.1) is 17.7 Å². The van der Waals surface area contributed by atoms with E-state index < -0.39 is 5.82 Å². The Morgan fingerprint density at radius 2 is 2.27 bits per heavy atom. The first-order chi connectivity index (χ1) is 7.29. The molecule has 1 aromatic carbocycles. The molecule has 0 amide bonds. The van der Waals surface area contributed by atoms with Crippen LogP contribution in [0.25, 0.3) is 0 Å². The highest BCUT2D eigenvalue weighted by molar-refractivity contribution is 5.41. The number of ether oxygens (including phenoxy) is 1. The third-order valence-corrected chi connectivity index (χ3v) is 1.87. The van der Waals surface area contributed by atoms with Crippen LogP contribution in [-0.2, 0) is 0 Å². The first kappa shape index (κ1) is 11.5. The van der Waals surface area contributed by atoms with Gasteiger partial charge in [0.05, 0.1) is 19.2 Å². The van der Waals surface area contributed by atoms with E-state index in [9.17, 15) is 4.39 Å². The van der Waals surface area contributed by atoms with Gasteiger partial charge in [-0.05, 0) is 18.7 Å². The van der Waals surface area contributed by atoms with Crippen molar-refractivity contribution in [1.29, 1.82) is 0 Å². The van der Waals surface area contributed by atoms with E-state index in [1.54, 1.807) is 18.2 Å². The highest BCUT2D eigenvalue weighted by atomic mass is 19.1. The largest absolute Gasteiger partial charge is 0.494 e. The van der Waals surface area contributed by atoms with E-state index in [0.717, 1.165) is 6.54 Å². The van der Waals surface area contributed by atoms with Crippen LogP contribution in [0.2, 0.25) is 0 Å². The maximum atomic E-state index is 13.5. The first-order valence-electron chi connectivity index (χ1n) is 4.81. The van der Waals surface area contributed by atoms with Crippen molar-refractivity contribution in [3.05, 3.63) is 29.6 Å². The molecule has 1 N–H and O–H groups in total. The Balaban J connectivity index is 2.79. The van der Waals surface area contributed by atoms with E-state index in [2.05, 4.69) is 17.2 Å². The molecule has 0 saturated heterocycles.